The van der Waals surface area contributed by atoms with Crippen molar-refractivity contribution < 1.29 is 0 Å². The highest BCUT2D eigenvalue weighted by Crippen LogP contribution is 2.21. The number of aromatic nitrogens is 2. The lowest BCUT2D eigenvalue weighted by Gasteiger charge is -2.03. The van der Waals surface area contributed by atoms with Gasteiger partial charge in [0.05, 0.1) is 10.6 Å². The summed E-state index contributed by atoms with van der Waals surface area (Å²) in [4.78, 5) is 9.98. The number of hydrogen-bond donors (Lipinski definition) is 1. The van der Waals surface area contributed by atoms with Crippen LogP contribution in [0, 0.1) is 0 Å². The standard InChI is InChI=1S/C12H13N3S/c1-2-11(16-7-1)12-13-6-5-10(15-12)8-14-9-3-4-9/h1-2,5-7,9,14H,3-4,8H2. The minimum Gasteiger partial charge on any atom is -0.308 e. The van der Waals surface area contributed by atoms with Crippen LogP contribution in [0.3, 0.4) is 0 Å². The first-order chi connectivity index (χ1) is 7.92. The predicted molar refractivity (Wildman–Crippen MR) is 65.2 cm³/mol. The second-order valence-electron chi connectivity index (χ2n) is 4.00. The first-order valence-corrected chi connectivity index (χ1v) is 6.39. The number of nitrogens with zero attached hydrogens (tertiary/aromatic N) is 2. The summed E-state index contributed by atoms with van der Waals surface area (Å²) in [5, 5.41) is 5.51. The Bertz CT molecular complexity index is 463. The Kier molecular flexibility index (Phi) is 2.68. The van der Waals surface area contributed by atoms with Crippen LogP contribution in [0.5, 0.6) is 0 Å². The molecule has 0 amide bonds. The van der Waals surface area contributed by atoms with E-state index in [0.717, 1.165) is 29.0 Å². The number of thiophene rings is 1. The lowest BCUT2D eigenvalue weighted by atomic mass is 10.3. The number of hydrogen-bond acceptors (Lipinski definition) is 4. The van der Waals surface area contributed by atoms with Gasteiger partial charge in [0.25, 0.3) is 0 Å². The highest BCUT2D eigenvalue weighted by molar-refractivity contribution is 7.13. The molecular weight excluding hydrogens is 218 g/mol. The van der Waals surface area contributed by atoms with Crippen LogP contribution in [0.4, 0.5) is 0 Å². The molecule has 0 spiro atoms. The average molecular weight is 231 g/mol. The van der Waals surface area contributed by atoms with Gasteiger partial charge in [-0.05, 0) is 30.4 Å². The van der Waals surface area contributed by atoms with Crippen LogP contribution in [0.1, 0.15) is 18.5 Å². The molecule has 1 saturated carbocycles. The zero-order valence-corrected chi connectivity index (χ0v) is 9.70. The Morgan fingerprint density at radius 2 is 2.31 bits per heavy atom. The van der Waals surface area contributed by atoms with Crippen LogP contribution >= 0.6 is 11.3 Å². The predicted octanol–water partition coefficient (Wildman–Crippen LogP) is 2.46. The van der Waals surface area contributed by atoms with E-state index in [-0.39, 0.29) is 0 Å². The van der Waals surface area contributed by atoms with Gasteiger partial charge in [-0.1, -0.05) is 6.07 Å². The van der Waals surface area contributed by atoms with Crippen molar-refractivity contribution in [2.24, 2.45) is 0 Å². The maximum Gasteiger partial charge on any atom is 0.169 e. The van der Waals surface area contributed by atoms with Crippen molar-refractivity contribution in [2.45, 2.75) is 25.4 Å². The number of nitrogens with one attached hydrogen (secondary N) is 1. The Labute approximate surface area is 98.6 Å². The molecule has 1 N–H and O–H groups in total. The Balaban J connectivity index is 1.76. The highest BCUT2D eigenvalue weighted by atomic mass is 32.1. The Morgan fingerprint density at radius 1 is 1.38 bits per heavy atom. The molecule has 1 aliphatic carbocycles. The summed E-state index contributed by atoms with van der Waals surface area (Å²) >= 11 is 1.68. The zero-order valence-electron chi connectivity index (χ0n) is 8.89. The summed E-state index contributed by atoms with van der Waals surface area (Å²) in [7, 11) is 0. The van der Waals surface area contributed by atoms with Gasteiger partial charge in [-0.15, -0.1) is 11.3 Å². The van der Waals surface area contributed by atoms with Gasteiger partial charge < -0.3 is 5.32 Å². The third-order valence-electron chi connectivity index (χ3n) is 2.60. The van der Waals surface area contributed by atoms with Crippen molar-refractivity contribution in [1.82, 2.24) is 15.3 Å². The third kappa shape index (κ3) is 2.28. The third-order valence-corrected chi connectivity index (χ3v) is 3.47. The maximum atomic E-state index is 4.55. The molecule has 0 bridgehead atoms. The van der Waals surface area contributed by atoms with E-state index in [1.54, 1.807) is 11.3 Å². The lowest BCUT2D eigenvalue weighted by molar-refractivity contribution is 0.673. The molecule has 0 atom stereocenters. The molecule has 3 rings (SSSR count). The second kappa shape index (κ2) is 4.31. The summed E-state index contributed by atoms with van der Waals surface area (Å²) in [6, 6.07) is 6.78. The molecule has 16 heavy (non-hydrogen) atoms. The van der Waals surface area contributed by atoms with Crippen LogP contribution < -0.4 is 5.32 Å². The molecule has 2 aromatic rings. The van der Waals surface area contributed by atoms with Crippen molar-refractivity contribution in [2.75, 3.05) is 0 Å². The first kappa shape index (κ1) is 9.93. The van der Waals surface area contributed by atoms with Crippen molar-refractivity contribution in [3.8, 4) is 10.7 Å². The van der Waals surface area contributed by atoms with Crippen molar-refractivity contribution in [1.29, 1.82) is 0 Å². The van der Waals surface area contributed by atoms with E-state index < -0.39 is 0 Å². The Morgan fingerprint density at radius 3 is 3.06 bits per heavy atom. The van der Waals surface area contributed by atoms with E-state index in [1.807, 2.05) is 23.7 Å². The van der Waals surface area contributed by atoms with Gasteiger partial charge in [-0.25, -0.2) is 9.97 Å². The zero-order chi connectivity index (χ0) is 10.8. The van der Waals surface area contributed by atoms with Crippen LogP contribution in [0.15, 0.2) is 29.8 Å². The van der Waals surface area contributed by atoms with Gasteiger partial charge in [0.15, 0.2) is 5.82 Å². The minimum absolute atomic E-state index is 0.722. The van der Waals surface area contributed by atoms with Crippen LogP contribution in [0.25, 0.3) is 10.7 Å². The molecule has 0 saturated heterocycles. The SMILES string of the molecule is c1csc(-c2nccc(CNC3CC3)n2)c1. The van der Waals surface area contributed by atoms with Gasteiger partial charge in [0, 0.05) is 18.8 Å². The van der Waals surface area contributed by atoms with Gasteiger partial charge in [-0.2, -0.15) is 0 Å². The maximum absolute atomic E-state index is 4.55. The Hall–Kier alpha value is -1.26. The first-order valence-electron chi connectivity index (χ1n) is 5.51. The minimum atomic E-state index is 0.722. The molecule has 0 unspecified atom stereocenters. The molecule has 0 radical (unpaired) electrons. The number of rotatable bonds is 4. The fourth-order valence-corrected chi connectivity index (χ4v) is 2.22. The quantitative estimate of drug-likeness (QED) is 0.878. The normalized spacial score (nSPS) is 15.2. The van der Waals surface area contributed by atoms with Crippen molar-refractivity contribution in [3.05, 3.63) is 35.5 Å². The smallest absolute Gasteiger partial charge is 0.169 e. The van der Waals surface area contributed by atoms with Gasteiger partial charge in [0.2, 0.25) is 0 Å². The van der Waals surface area contributed by atoms with Gasteiger partial charge in [-0.3, -0.25) is 0 Å². The molecule has 4 heteroatoms. The van der Waals surface area contributed by atoms with Crippen LogP contribution in [-0.4, -0.2) is 16.0 Å². The van der Waals surface area contributed by atoms with Gasteiger partial charge in [0.1, 0.15) is 0 Å². The van der Waals surface area contributed by atoms with E-state index in [9.17, 15) is 0 Å². The molecule has 2 heterocycles. The van der Waals surface area contributed by atoms with Crippen molar-refractivity contribution in [3.63, 3.8) is 0 Å². The molecular formula is C12H13N3S. The molecule has 1 fully saturated rings. The molecule has 0 aliphatic heterocycles. The fourth-order valence-electron chi connectivity index (χ4n) is 1.56. The molecule has 3 nitrogen and oxygen atoms in total. The molecule has 1 aliphatic rings. The molecule has 0 aromatic carbocycles. The van der Waals surface area contributed by atoms with E-state index >= 15 is 0 Å². The van der Waals surface area contributed by atoms with E-state index in [2.05, 4.69) is 21.4 Å². The summed E-state index contributed by atoms with van der Waals surface area (Å²) in [6.07, 6.45) is 4.46. The van der Waals surface area contributed by atoms with E-state index in [1.165, 1.54) is 12.8 Å². The van der Waals surface area contributed by atoms with Gasteiger partial charge >= 0.3 is 0 Å². The summed E-state index contributed by atoms with van der Waals surface area (Å²) in [5.41, 5.74) is 1.07. The van der Waals surface area contributed by atoms with E-state index in [4.69, 9.17) is 0 Å². The van der Waals surface area contributed by atoms with Crippen LogP contribution in [0.2, 0.25) is 0 Å². The second-order valence-corrected chi connectivity index (χ2v) is 4.95. The fraction of sp³-hybridized carbons (Fsp3) is 0.333. The molecule has 2 aromatic heterocycles. The lowest BCUT2D eigenvalue weighted by Crippen LogP contribution is -2.16. The monoisotopic (exact) mass is 231 g/mol. The summed E-state index contributed by atoms with van der Waals surface area (Å²) in [5.74, 6) is 0.838. The van der Waals surface area contributed by atoms with Crippen molar-refractivity contribution >= 4 is 11.3 Å². The average Bonchev–Trinajstić information content (AvgIpc) is 2.99. The highest BCUT2D eigenvalue weighted by Gasteiger charge is 2.20. The topological polar surface area (TPSA) is 37.8 Å². The molecule has 82 valence electrons. The summed E-state index contributed by atoms with van der Waals surface area (Å²) in [6.45, 7) is 0.853. The van der Waals surface area contributed by atoms with Crippen LogP contribution in [-0.2, 0) is 6.54 Å². The summed E-state index contributed by atoms with van der Waals surface area (Å²) < 4.78 is 0. The van der Waals surface area contributed by atoms with E-state index in [0.29, 0.717) is 0 Å². The largest absolute Gasteiger partial charge is 0.308 e.